The molecule has 26 heavy (non-hydrogen) atoms. The highest BCUT2D eigenvalue weighted by Crippen LogP contribution is 2.32. The molecule has 1 heterocycles. The van der Waals surface area contributed by atoms with Crippen LogP contribution in [0.4, 0.5) is 0 Å². The Hall–Kier alpha value is -1.89. The van der Waals surface area contributed by atoms with E-state index in [0.29, 0.717) is 17.1 Å². The summed E-state index contributed by atoms with van der Waals surface area (Å²) in [7, 11) is -3.78. The predicted octanol–water partition coefficient (Wildman–Crippen LogP) is 2.69. The summed E-state index contributed by atoms with van der Waals surface area (Å²) in [5.74, 6) is -0.316. The number of benzene rings is 2. The molecule has 5 nitrogen and oxygen atoms in total. The molecule has 0 spiro atoms. The fourth-order valence-electron chi connectivity index (χ4n) is 3.71. The van der Waals surface area contributed by atoms with E-state index < -0.39 is 16.1 Å². The van der Waals surface area contributed by atoms with Crippen molar-refractivity contribution in [3.8, 4) is 0 Å². The van der Waals surface area contributed by atoms with Gasteiger partial charge in [-0.2, -0.15) is 4.31 Å². The molecule has 0 saturated carbocycles. The molecular weight excluding hydrogens is 372 g/mol. The summed E-state index contributed by atoms with van der Waals surface area (Å²) in [6.07, 6.45) is 2.95. The number of piperazine rings is 1. The molecule has 1 aliphatic carbocycles. The third-order valence-corrected chi connectivity index (χ3v) is 7.14. The summed E-state index contributed by atoms with van der Waals surface area (Å²) >= 11 is 5.93. The monoisotopic (exact) mass is 390 g/mol. The van der Waals surface area contributed by atoms with E-state index in [-0.39, 0.29) is 17.3 Å². The molecule has 1 atom stereocenters. The Bertz CT molecular complexity index is 957. The van der Waals surface area contributed by atoms with E-state index in [4.69, 9.17) is 11.6 Å². The van der Waals surface area contributed by atoms with Crippen molar-refractivity contribution in [2.75, 3.05) is 13.1 Å². The number of sulfonamides is 1. The van der Waals surface area contributed by atoms with Crippen molar-refractivity contribution in [2.45, 2.75) is 30.2 Å². The highest BCUT2D eigenvalue weighted by atomic mass is 35.5. The van der Waals surface area contributed by atoms with Crippen molar-refractivity contribution in [2.24, 2.45) is 0 Å². The number of rotatable bonds is 3. The van der Waals surface area contributed by atoms with Gasteiger partial charge in [-0.25, -0.2) is 8.42 Å². The van der Waals surface area contributed by atoms with Crippen molar-refractivity contribution in [1.82, 2.24) is 9.62 Å². The van der Waals surface area contributed by atoms with Gasteiger partial charge in [0.2, 0.25) is 15.9 Å². The summed E-state index contributed by atoms with van der Waals surface area (Å²) in [5.41, 5.74) is 2.92. The minimum Gasteiger partial charge on any atom is -0.353 e. The summed E-state index contributed by atoms with van der Waals surface area (Å²) < 4.78 is 27.9. The molecule has 2 aliphatic rings. The van der Waals surface area contributed by atoms with Crippen LogP contribution in [0.3, 0.4) is 0 Å². The lowest BCUT2D eigenvalue weighted by Crippen LogP contribution is -2.52. The van der Waals surface area contributed by atoms with E-state index in [1.54, 1.807) is 36.4 Å². The number of carbonyl (C=O) groups excluding carboxylic acids is 1. The molecule has 0 radical (unpaired) electrons. The van der Waals surface area contributed by atoms with Crippen LogP contribution in [0, 0.1) is 0 Å². The molecular formula is C19H19ClN2O3S. The van der Waals surface area contributed by atoms with E-state index in [9.17, 15) is 13.2 Å². The summed E-state index contributed by atoms with van der Waals surface area (Å²) in [5, 5.41) is 3.30. The molecule has 2 aromatic carbocycles. The second-order valence-corrected chi connectivity index (χ2v) is 8.97. The third kappa shape index (κ3) is 3.02. The minimum absolute atomic E-state index is 0.235. The van der Waals surface area contributed by atoms with Crippen molar-refractivity contribution in [3.05, 3.63) is 64.2 Å². The number of nitrogens with one attached hydrogen (secondary N) is 1. The van der Waals surface area contributed by atoms with Crippen molar-refractivity contribution in [3.63, 3.8) is 0 Å². The van der Waals surface area contributed by atoms with E-state index in [1.165, 1.54) is 9.87 Å². The van der Waals surface area contributed by atoms with Gasteiger partial charge in [0.1, 0.15) is 6.04 Å². The Kier molecular flexibility index (Phi) is 4.50. The zero-order valence-corrected chi connectivity index (χ0v) is 15.7. The first-order chi connectivity index (χ1) is 12.5. The van der Waals surface area contributed by atoms with E-state index >= 15 is 0 Å². The molecule has 2 aromatic rings. The molecule has 0 bridgehead atoms. The maximum absolute atomic E-state index is 13.3. The van der Waals surface area contributed by atoms with Crippen LogP contribution in [-0.2, 0) is 27.7 Å². The Morgan fingerprint density at radius 1 is 1.04 bits per heavy atom. The predicted molar refractivity (Wildman–Crippen MR) is 99.6 cm³/mol. The molecule has 1 amide bonds. The molecule has 1 aliphatic heterocycles. The van der Waals surface area contributed by atoms with Gasteiger partial charge >= 0.3 is 0 Å². The highest BCUT2D eigenvalue weighted by molar-refractivity contribution is 7.89. The average Bonchev–Trinajstić information content (AvgIpc) is 3.10. The third-order valence-electron chi connectivity index (χ3n) is 5.03. The number of amides is 1. The second kappa shape index (κ2) is 6.68. The van der Waals surface area contributed by atoms with Crippen LogP contribution >= 0.6 is 11.6 Å². The Morgan fingerprint density at radius 3 is 2.54 bits per heavy atom. The number of halogens is 1. The molecule has 1 N–H and O–H groups in total. The molecule has 136 valence electrons. The minimum atomic E-state index is -3.78. The topological polar surface area (TPSA) is 66.5 Å². The fraction of sp³-hybridized carbons (Fsp3) is 0.316. The Labute approximate surface area is 158 Å². The number of hydrogen-bond acceptors (Lipinski definition) is 3. The first-order valence-electron chi connectivity index (χ1n) is 8.63. The molecule has 1 fully saturated rings. The lowest BCUT2D eigenvalue weighted by Gasteiger charge is -2.34. The van der Waals surface area contributed by atoms with Crippen LogP contribution in [0.15, 0.2) is 47.4 Å². The summed E-state index contributed by atoms with van der Waals surface area (Å²) in [6.45, 7) is 0.533. The molecule has 1 unspecified atom stereocenters. The molecule has 7 heteroatoms. The van der Waals surface area contributed by atoms with Crippen LogP contribution in [0.25, 0.3) is 0 Å². The van der Waals surface area contributed by atoms with Gasteiger partial charge in [-0.15, -0.1) is 0 Å². The first-order valence-corrected chi connectivity index (χ1v) is 10.5. The number of hydrogen-bond donors (Lipinski definition) is 1. The van der Waals surface area contributed by atoms with Gasteiger partial charge in [0.05, 0.1) is 4.90 Å². The van der Waals surface area contributed by atoms with Crippen molar-refractivity contribution >= 4 is 27.5 Å². The van der Waals surface area contributed by atoms with Gasteiger partial charge in [-0.05, 0) is 60.2 Å². The van der Waals surface area contributed by atoms with Gasteiger partial charge in [0.25, 0.3) is 0 Å². The van der Waals surface area contributed by atoms with Crippen LogP contribution in [0.5, 0.6) is 0 Å². The van der Waals surface area contributed by atoms with Crippen LogP contribution in [0.2, 0.25) is 5.02 Å². The SMILES string of the molecule is O=C1NCCN(S(=O)(=O)c2ccc3c(c2)CCC3)C1c1ccc(Cl)cc1. The number of fused-ring (bicyclic) bond motifs is 1. The van der Waals surface area contributed by atoms with E-state index in [0.717, 1.165) is 24.8 Å². The highest BCUT2D eigenvalue weighted by Gasteiger charge is 2.39. The Morgan fingerprint density at radius 2 is 1.77 bits per heavy atom. The van der Waals surface area contributed by atoms with Gasteiger partial charge in [-0.3, -0.25) is 4.79 Å². The van der Waals surface area contributed by atoms with Crippen molar-refractivity contribution in [1.29, 1.82) is 0 Å². The fourth-order valence-corrected chi connectivity index (χ4v) is 5.47. The van der Waals surface area contributed by atoms with Crippen LogP contribution in [0.1, 0.15) is 29.2 Å². The maximum atomic E-state index is 13.3. The lowest BCUT2D eigenvalue weighted by molar-refractivity contribution is -0.126. The van der Waals surface area contributed by atoms with Gasteiger partial charge in [-0.1, -0.05) is 29.8 Å². The van der Waals surface area contributed by atoms with Crippen LogP contribution in [-0.4, -0.2) is 31.7 Å². The van der Waals surface area contributed by atoms with E-state index in [2.05, 4.69) is 5.32 Å². The van der Waals surface area contributed by atoms with E-state index in [1.807, 2.05) is 6.07 Å². The maximum Gasteiger partial charge on any atom is 0.244 e. The number of aryl methyl sites for hydroxylation is 2. The average molecular weight is 391 g/mol. The zero-order valence-electron chi connectivity index (χ0n) is 14.1. The summed E-state index contributed by atoms with van der Waals surface area (Å²) in [4.78, 5) is 12.8. The summed E-state index contributed by atoms with van der Waals surface area (Å²) in [6, 6.07) is 11.2. The van der Waals surface area contributed by atoms with Crippen LogP contribution < -0.4 is 5.32 Å². The van der Waals surface area contributed by atoms with Gasteiger partial charge in [0, 0.05) is 18.1 Å². The molecule has 4 rings (SSSR count). The standard InChI is InChI=1S/C19H19ClN2O3S/c20-16-7-4-14(5-8-16)18-19(23)21-10-11-22(18)26(24,25)17-9-6-13-2-1-3-15(13)12-17/h4-9,12,18H,1-3,10-11H2,(H,21,23). The first kappa shape index (κ1) is 17.5. The lowest BCUT2D eigenvalue weighted by atomic mass is 10.1. The quantitative estimate of drug-likeness (QED) is 0.876. The van der Waals surface area contributed by atoms with Crippen molar-refractivity contribution < 1.29 is 13.2 Å². The smallest absolute Gasteiger partial charge is 0.244 e. The molecule has 1 saturated heterocycles. The number of carbonyl (C=O) groups is 1. The van der Waals surface area contributed by atoms with Gasteiger partial charge < -0.3 is 5.32 Å². The largest absolute Gasteiger partial charge is 0.353 e. The molecule has 0 aromatic heterocycles. The zero-order chi connectivity index (χ0) is 18.3. The Balaban J connectivity index is 1.75. The van der Waals surface area contributed by atoms with Gasteiger partial charge in [0.15, 0.2) is 0 Å². The number of nitrogens with zero attached hydrogens (tertiary/aromatic N) is 1. The second-order valence-electron chi connectivity index (χ2n) is 6.64. The normalized spacial score (nSPS) is 20.7.